The Morgan fingerprint density at radius 2 is 2.06 bits per heavy atom. The van der Waals surface area contributed by atoms with Gasteiger partial charge >= 0.3 is 0 Å². The van der Waals surface area contributed by atoms with Gasteiger partial charge in [-0.25, -0.2) is 15.0 Å². The molecule has 0 spiro atoms. The molecule has 1 saturated carbocycles. The molecule has 2 aromatic heterocycles. The molecule has 3 rings (SSSR count). The summed E-state index contributed by atoms with van der Waals surface area (Å²) >= 11 is 0. The van der Waals surface area contributed by atoms with Crippen LogP contribution in [0.4, 0.5) is 5.82 Å². The van der Waals surface area contributed by atoms with Crippen molar-refractivity contribution in [3.05, 3.63) is 30.4 Å². The van der Waals surface area contributed by atoms with Gasteiger partial charge in [-0.05, 0) is 12.8 Å². The molecule has 0 atom stereocenters. The molecular formula is C11H11N5. The Labute approximate surface area is 92.8 Å². The van der Waals surface area contributed by atoms with E-state index in [9.17, 15) is 0 Å². The second-order valence-corrected chi connectivity index (χ2v) is 3.91. The first-order valence-electron chi connectivity index (χ1n) is 5.24. The Morgan fingerprint density at radius 3 is 2.75 bits per heavy atom. The molecule has 0 aliphatic heterocycles. The minimum atomic E-state index is 0.498. The highest BCUT2D eigenvalue weighted by molar-refractivity contribution is 5.51. The highest BCUT2D eigenvalue weighted by atomic mass is 15.0. The summed E-state index contributed by atoms with van der Waals surface area (Å²) in [5.41, 5.74) is 7.45. The van der Waals surface area contributed by atoms with Gasteiger partial charge in [0.05, 0.1) is 6.20 Å². The van der Waals surface area contributed by atoms with Crippen LogP contribution in [0.25, 0.3) is 11.5 Å². The van der Waals surface area contributed by atoms with Crippen LogP contribution in [0.1, 0.15) is 24.5 Å². The van der Waals surface area contributed by atoms with E-state index in [0.717, 1.165) is 5.69 Å². The van der Waals surface area contributed by atoms with Crippen molar-refractivity contribution in [3.63, 3.8) is 0 Å². The minimum Gasteiger partial charge on any atom is -0.384 e. The van der Waals surface area contributed by atoms with E-state index in [2.05, 4.69) is 19.9 Å². The number of anilines is 1. The molecule has 5 heteroatoms. The summed E-state index contributed by atoms with van der Waals surface area (Å²) in [6.07, 6.45) is 7.27. The molecular weight excluding hydrogens is 202 g/mol. The number of aromatic nitrogens is 4. The van der Waals surface area contributed by atoms with E-state index in [1.165, 1.54) is 12.8 Å². The second kappa shape index (κ2) is 3.52. The molecule has 2 N–H and O–H groups in total. The highest BCUT2D eigenvalue weighted by Crippen LogP contribution is 2.39. The van der Waals surface area contributed by atoms with Crippen molar-refractivity contribution in [2.75, 3.05) is 5.73 Å². The summed E-state index contributed by atoms with van der Waals surface area (Å²) < 4.78 is 0. The number of nitrogen functional groups attached to an aromatic ring is 1. The van der Waals surface area contributed by atoms with E-state index in [4.69, 9.17) is 5.73 Å². The lowest BCUT2D eigenvalue weighted by Gasteiger charge is -2.03. The summed E-state index contributed by atoms with van der Waals surface area (Å²) in [5, 5.41) is 0. The van der Waals surface area contributed by atoms with E-state index in [1.807, 2.05) is 6.07 Å². The van der Waals surface area contributed by atoms with Gasteiger partial charge in [0.15, 0.2) is 5.82 Å². The standard InChI is InChI=1S/C11H11N5/c12-10-5-8(7-1-2-7)15-11(16-10)9-6-13-3-4-14-9/h3-7H,1-2H2,(H2,12,15,16). The van der Waals surface area contributed by atoms with E-state index in [-0.39, 0.29) is 0 Å². The zero-order valence-electron chi connectivity index (χ0n) is 8.67. The van der Waals surface area contributed by atoms with E-state index in [1.54, 1.807) is 18.6 Å². The summed E-state index contributed by atoms with van der Waals surface area (Å²) in [6.45, 7) is 0. The Balaban J connectivity index is 2.06. The summed E-state index contributed by atoms with van der Waals surface area (Å²) in [4.78, 5) is 16.8. The fourth-order valence-electron chi connectivity index (χ4n) is 1.60. The largest absolute Gasteiger partial charge is 0.384 e. The molecule has 0 unspecified atom stereocenters. The maximum atomic E-state index is 5.76. The third-order valence-corrected chi connectivity index (χ3v) is 2.55. The van der Waals surface area contributed by atoms with Gasteiger partial charge in [-0.3, -0.25) is 4.98 Å². The SMILES string of the molecule is Nc1cc(C2CC2)nc(-c2cnccn2)n1. The maximum Gasteiger partial charge on any atom is 0.182 e. The Kier molecular flexibility index (Phi) is 2.02. The first-order chi connectivity index (χ1) is 7.83. The zero-order valence-corrected chi connectivity index (χ0v) is 8.67. The van der Waals surface area contributed by atoms with Gasteiger partial charge in [0.25, 0.3) is 0 Å². The van der Waals surface area contributed by atoms with Crippen LogP contribution in [0.3, 0.4) is 0 Å². The van der Waals surface area contributed by atoms with Gasteiger partial charge in [-0.15, -0.1) is 0 Å². The Morgan fingerprint density at radius 1 is 1.19 bits per heavy atom. The third-order valence-electron chi connectivity index (χ3n) is 2.55. The van der Waals surface area contributed by atoms with Gasteiger partial charge in [0.2, 0.25) is 0 Å². The number of nitrogens with two attached hydrogens (primary N) is 1. The predicted octanol–water partition coefficient (Wildman–Crippen LogP) is 1.39. The smallest absolute Gasteiger partial charge is 0.182 e. The summed E-state index contributed by atoms with van der Waals surface area (Å²) in [5.74, 6) is 1.62. The van der Waals surface area contributed by atoms with Gasteiger partial charge in [-0.2, -0.15) is 0 Å². The fraction of sp³-hybridized carbons (Fsp3) is 0.273. The lowest BCUT2D eigenvalue weighted by molar-refractivity contribution is 0.988. The highest BCUT2D eigenvalue weighted by Gasteiger charge is 2.26. The van der Waals surface area contributed by atoms with Crippen LogP contribution in [0.5, 0.6) is 0 Å². The third kappa shape index (κ3) is 1.71. The number of hydrogen-bond donors (Lipinski definition) is 1. The molecule has 0 amide bonds. The van der Waals surface area contributed by atoms with Crippen molar-refractivity contribution >= 4 is 5.82 Å². The molecule has 2 heterocycles. The molecule has 80 valence electrons. The monoisotopic (exact) mass is 213 g/mol. The van der Waals surface area contributed by atoms with Crippen molar-refractivity contribution in [2.24, 2.45) is 0 Å². The molecule has 1 aliphatic carbocycles. The van der Waals surface area contributed by atoms with Crippen molar-refractivity contribution < 1.29 is 0 Å². The molecule has 1 aliphatic rings. The molecule has 0 saturated heterocycles. The van der Waals surface area contributed by atoms with Crippen molar-refractivity contribution in [1.82, 2.24) is 19.9 Å². The van der Waals surface area contributed by atoms with Gasteiger partial charge < -0.3 is 5.73 Å². The first-order valence-corrected chi connectivity index (χ1v) is 5.24. The predicted molar refractivity (Wildman–Crippen MR) is 59.4 cm³/mol. The van der Waals surface area contributed by atoms with Crippen LogP contribution in [0.15, 0.2) is 24.7 Å². The average molecular weight is 213 g/mol. The number of rotatable bonds is 2. The van der Waals surface area contributed by atoms with Crippen LogP contribution in [-0.2, 0) is 0 Å². The second-order valence-electron chi connectivity index (χ2n) is 3.91. The van der Waals surface area contributed by atoms with Crippen molar-refractivity contribution in [2.45, 2.75) is 18.8 Å². The average Bonchev–Trinajstić information content (AvgIpc) is 3.13. The fourth-order valence-corrected chi connectivity index (χ4v) is 1.60. The number of hydrogen-bond acceptors (Lipinski definition) is 5. The Bertz CT molecular complexity index is 507. The van der Waals surface area contributed by atoms with Crippen LogP contribution >= 0.6 is 0 Å². The molecule has 0 radical (unpaired) electrons. The van der Waals surface area contributed by atoms with E-state index in [0.29, 0.717) is 23.3 Å². The van der Waals surface area contributed by atoms with E-state index >= 15 is 0 Å². The molecule has 16 heavy (non-hydrogen) atoms. The zero-order chi connectivity index (χ0) is 11.0. The van der Waals surface area contributed by atoms with Crippen molar-refractivity contribution in [3.8, 4) is 11.5 Å². The van der Waals surface area contributed by atoms with Crippen LogP contribution in [0, 0.1) is 0 Å². The van der Waals surface area contributed by atoms with Crippen LogP contribution < -0.4 is 5.73 Å². The van der Waals surface area contributed by atoms with Gasteiger partial charge in [0.1, 0.15) is 11.5 Å². The van der Waals surface area contributed by atoms with Crippen LogP contribution in [-0.4, -0.2) is 19.9 Å². The normalized spacial score (nSPS) is 15.0. The van der Waals surface area contributed by atoms with Gasteiger partial charge in [-0.1, -0.05) is 0 Å². The lowest BCUT2D eigenvalue weighted by atomic mass is 10.2. The first kappa shape index (κ1) is 9.21. The molecule has 0 bridgehead atoms. The topological polar surface area (TPSA) is 77.6 Å². The van der Waals surface area contributed by atoms with Crippen LogP contribution in [0.2, 0.25) is 0 Å². The molecule has 0 aromatic carbocycles. The van der Waals surface area contributed by atoms with Crippen molar-refractivity contribution in [1.29, 1.82) is 0 Å². The maximum absolute atomic E-state index is 5.76. The van der Waals surface area contributed by atoms with Gasteiger partial charge in [0, 0.05) is 30.1 Å². The Hall–Kier alpha value is -2.04. The van der Waals surface area contributed by atoms with E-state index < -0.39 is 0 Å². The minimum absolute atomic E-state index is 0.498. The molecule has 2 aromatic rings. The number of nitrogens with zero attached hydrogens (tertiary/aromatic N) is 4. The summed E-state index contributed by atoms with van der Waals surface area (Å²) in [7, 11) is 0. The quantitative estimate of drug-likeness (QED) is 0.815. The molecule has 1 fully saturated rings. The lowest BCUT2D eigenvalue weighted by Crippen LogP contribution is -2.00. The summed E-state index contributed by atoms with van der Waals surface area (Å²) in [6, 6.07) is 1.84. The molecule has 5 nitrogen and oxygen atoms in total.